The molecule has 174 valence electrons. The molecule has 0 aliphatic heterocycles. The molecule has 0 bridgehead atoms. The Balaban J connectivity index is 1.68. The lowest BCUT2D eigenvalue weighted by molar-refractivity contribution is -0.114. The van der Waals surface area contributed by atoms with Crippen molar-refractivity contribution in [3.05, 3.63) is 91.0 Å². The summed E-state index contributed by atoms with van der Waals surface area (Å²) in [5.74, 6) is 0.316. The molecule has 34 heavy (non-hydrogen) atoms. The normalized spacial score (nSPS) is 11.1. The first kappa shape index (κ1) is 23.1. The summed E-state index contributed by atoms with van der Waals surface area (Å²) in [4.78, 5) is 13.1. The van der Waals surface area contributed by atoms with Crippen LogP contribution in [0.15, 0.2) is 95.9 Å². The Labute approximate surface area is 198 Å². The molecular formula is C26H24N2O5S. The van der Waals surface area contributed by atoms with Crippen LogP contribution in [-0.4, -0.2) is 35.1 Å². The summed E-state index contributed by atoms with van der Waals surface area (Å²) < 4.78 is 38.7. The van der Waals surface area contributed by atoms with E-state index in [0.717, 1.165) is 15.1 Å². The van der Waals surface area contributed by atoms with Gasteiger partial charge in [0.05, 0.1) is 24.8 Å². The molecule has 0 atom stereocenters. The molecule has 4 aromatic rings. The van der Waals surface area contributed by atoms with Crippen LogP contribution < -0.4 is 19.1 Å². The zero-order chi connectivity index (χ0) is 24.1. The molecule has 7 nitrogen and oxygen atoms in total. The molecule has 0 fully saturated rings. The molecule has 4 rings (SSSR count). The van der Waals surface area contributed by atoms with Crippen molar-refractivity contribution in [1.82, 2.24) is 0 Å². The molecule has 0 aliphatic carbocycles. The monoisotopic (exact) mass is 476 g/mol. The molecule has 0 saturated heterocycles. The number of ether oxygens (including phenoxy) is 2. The summed E-state index contributed by atoms with van der Waals surface area (Å²) in [7, 11) is -1.09. The second-order valence-electron chi connectivity index (χ2n) is 7.47. The van der Waals surface area contributed by atoms with Gasteiger partial charge in [-0.3, -0.25) is 9.10 Å². The van der Waals surface area contributed by atoms with Crippen LogP contribution in [0, 0.1) is 0 Å². The average molecular weight is 477 g/mol. The van der Waals surface area contributed by atoms with E-state index in [0.29, 0.717) is 17.2 Å². The molecule has 1 N–H and O–H groups in total. The highest BCUT2D eigenvalue weighted by Gasteiger charge is 2.28. The third-order valence-electron chi connectivity index (χ3n) is 5.31. The van der Waals surface area contributed by atoms with E-state index in [1.807, 2.05) is 36.4 Å². The summed E-state index contributed by atoms with van der Waals surface area (Å²) in [5.41, 5.74) is 0.850. The standard InChI is InChI=1S/C26H24N2O5S/c1-32-24-15-14-22(17-25(24)33-2)28(34(30,31)23-10-4-3-5-11-23)18-26(29)27-21-13-12-19-8-6-7-9-20(19)16-21/h3-17H,18H2,1-2H3,(H,27,29). The predicted molar refractivity (Wildman–Crippen MR) is 133 cm³/mol. The second kappa shape index (κ2) is 9.84. The topological polar surface area (TPSA) is 84.9 Å². The molecule has 0 aliphatic rings. The van der Waals surface area contributed by atoms with Crippen molar-refractivity contribution in [1.29, 1.82) is 0 Å². The molecule has 8 heteroatoms. The fourth-order valence-electron chi connectivity index (χ4n) is 3.61. The van der Waals surface area contributed by atoms with Crippen LogP contribution in [0.2, 0.25) is 0 Å². The van der Waals surface area contributed by atoms with E-state index in [4.69, 9.17) is 9.47 Å². The van der Waals surface area contributed by atoms with Gasteiger partial charge >= 0.3 is 0 Å². The van der Waals surface area contributed by atoms with E-state index in [2.05, 4.69) is 5.32 Å². The van der Waals surface area contributed by atoms with Crippen LogP contribution in [0.4, 0.5) is 11.4 Å². The summed E-state index contributed by atoms with van der Waals surface area (Å²) >= 11 is 0. The Morgan fingerprint density at radius 2 is 1.47 bits per heavy atom. The van der Waals surface area contributed by atoms with E-state index in [1.165, 1.54) is 32.4 Å². The van der Waals surface area contributed by atoms with Crippen LogP contribution in [0.1, 0.15) is 0 Å². The van der Waals surface area contributed by atoms with E-state index < -0.39 is 22.5 Å². The van der Waals surface area contributed by atoms with Crippen LogP contribution in [0.3, 0.4) is 0 Å². The van der Waals surface area contributed by atoms with Gasteiger partial charge in [0, 0.05) is 11.8 Å². The van der Waals surface area contributed by atoms with E-state index >= 15 is 0 Å². The summed E-state index contributed by atoms with van der Waals surface area (Å²) in [6.07, 6.45) is 0. The lowest BCUT2D eigenvalue weighted by atomic mass is 10.1. The van der Waals surface area contributed by atoms with Crippen molar-refractivity contribution in [2.45, 2.75) is 4.90 Å². The highest BCUT2D eigenvalue weighted by atomic mass is 32.2. The minimum absolute atomic E-state index is 0.0725. The molecule has 1 amide bonds. The number of amides is 1. The van der Waals surface area contributed by atoms with Crippen molar-refractivity contribution in [3.63, 3.8) is 0 Å². The number of nitrogens with one attached hydrogen (secondary N) is 1. The molecular weight excluding hydrogens is 452 g/mol. The van der Waals surface area contributed by atoms with Crippen LogP contribution in [0.25, 0.3) is 10.8 Å². The van der Waals surface area contributed by atoms with Crippen LogP contribution >= 0.6 is 0 Å². The Morgan fingerprint density at radius 1 is 0.794 bits per heavy atom. The average Bonchev–Trinajstić information content (AvgIpc) is 2.87. The van der Waals surface area contributed by atoms with Gasteiger partial charge in [0.2, 0.25) is 5.91 Å². The molecule has 0 heterocycles. The van der Waals surface area contributed by atoms with Crippen molar-refractivity contribution in [2.24, 2.45) is 0 Å². The van der Waals surface area contributed by atoms with Gasteiger partial charge in [-0.15, -0.1) is 0 Å². The smallest absolute Gasteiger partial charge is 0.264 e. The number of methoxy groups -OCH3 is 2. The van der Waals surface area contributed by atoms with Crippen LogP contribution in [0.5, 0.6) is 11.5 Å². The van der Waals surface area contributed by atoms with Crippen molar-refractivity contribution in [3.8, 4) is 11.5 Å². The largest absolute Gasteiger partial charge is 0.493 e. The van der Waals surface area contributed by atoms with Gasteiger partial charge in [-0.25, -0.2) is 8.42 Å². The second-order valence-corrected chi connectivity index (χ2v) is 9.34. The predicted octanol–water partition coefficient (Wildman–Crippen LogP) is 4.69. The number of sulfonamides is 1. The maximum Gasteiger partial charge on any atom is 0.264 e. The Kier molecular flexibility index (Phi) is 6.70. The summed E-state index contributed by atoms with van der Waals surface area (Å²) in [5, 5.41) is 4.82. The number of hydrogen-bond donors (Lipinski definition) is 1. The zero-order valence-corrected chi connectivity index (χ0v) is 19.6. The van der Waals surface area contributed by atoms with Crippen molar-refractivity contribution >= 4 is 38.1 Å². The SMILES string of the molecule is COc1ccc(N(CC(=O)Nc2ccc3ccccc3c2)S(=O)(=O)c2ccccc2)cc1OC. The lowest BCUT2D eigenvalue weighted by Gasteiger charge is -2.25. The van der Waals surface area contributed by atoms with E-state index in [-0.39, 0.29) is 10.6 Å². The lowest BCUT2D eigenvalue weighted by Crippen LogP contribution is -2.38. The van der Waals surface area contributed by atoms with Crippen molar-refractivity contribution in [2.75, 3.05) is 30.4 Å². The maximum absolute atomic E-state index is 13.5. The van der Waals surface area contributed by atoms with Gasteiger partial charge < -0.3 is 14.8 Å². The van der Waals surface area contributed by atoms with Gasteiger partial charge in [-0.05, 0) is 47.2 Å². The van der Waals surface area contributed by atoms with Crippen LogP contribution in [-0.2, 0) is 14.8 Å². The van der Waals surface area contributed by atoms with E-state index in [1.54, 1.807) is 36.4 Å². The third-order valence-corrected chi connectivity index (χ3v) is 7.09. The quantitative estimate of drug-likeness (QED) is 0.399. The van der Waals surface area contributed by atoms with E-state index in [9.17, 15) is 13.2 Å². The Hall–Kier alpha value is -4.04. The summed E-state index contributed by atoms with van der Waals surface area (Å²) in [6, 6.07) is 26.0. The number of hydrogen-bond acceptors (Lipinski definition) is 5. The highest BCUT2D eigenvalue weighted by Crippen LogP contribution is 2.33. The molecule has 0 radical (unpaired) electrons. The van der Waals surface area contributed by atoms with Gasteiger partial charge in [0.1, 0.15) is 6.54 Å². The Morgan fingerprint density at radius 3 is 2.18 bits per heavy atom. The minimum atomic E-state index is -4.04. The van der Waals surface area contributed by atoms with Gasteiger partial charge in [0.25, 0.3) is 10.0 Å². The van der Waals surface area contributed by atoms with Gasteiger partial charge in [0.15, 0.2) is 11.5 Å². The number of carbonyl (C=O) groups is 1. The molecule has 0 unspecified atom stereocenters. The first-order chi connectivity index (χ1) is 16.4. The summed E-state index contributed by atoms with van der Waals surface area (Å²) in [6.45, 7) is -0.431. The third kappa shape index (κ3) is 4.82. The van der Waals surface area contributed by atoms with Crippen molar-refractivity contribution < 1.29 is 22.7 Å². The number of carbonyl (C=O) groups excluding carboxylic acids is 1. The highest BCUT2D eigenvalue weighted by molar-refractivity contribution is 7.92. The maximum atomic E-state index is 13.5. The molecule has 0 aromatic heterocycles. The number of nitrogens with zero attached hydrogens (tertiary/aromatic N) is 1. The fourth-order valence-corrected chi connectivity index (χ4v) is 5.05. The number of fused-ring (bicyclic) bond motifs is 1. The Bertz CT molecular complexity index is 1420. The fraction of sp³-hybridized carbons (Fsp3) is 0.115. The minimum Gasteiger partial charge on any atom is -0.493 e. The number of benzene rings is 4. The zero-order valence-electron chi connectivity index (χ0n) is 18.8. The number of anilines is 2. The first-order valence-corrected chi connectivity index (χ1v) is 11.9. The first-order valence-electron chi connectivity index (χ1n) is 10.5. The van der Waals surface area contributed by atoms with Gasteiger partial charge in [-0.2, -0.15) is 0 Å². The number of rotatable bonds is 8. The van der Waals surface area contributed by atoms with Gasteiger partial charge in [-0.1, -0.05) is 48.5 Å². The molecule has 0 saturated carbocycles. The molecule has 4 aromatic carbocycles. The molecule has 0 spiro atoms.